The van der Waals surface area contributed by atoms with Gasteiger partial charge in [-0.1, -0.05) is 23.7 Å². The van der Waals surface area contributed by atoms with Crippen molar-refractivity contribution in [1.29, 1.82) is 0 Å². The minimum absolute atomic E-state index is 0.0534. The highest BCUT2D eigenvalue weighted by atomic mass is 35.5. The maximum Gasteiger partial charge on any atom is 0.261 e. The van der Waals surface area contributed by atoms with Crippen LogP contribution in [-0.4, -0.2) is 8.42 Å². The number of anilines is 1. The van der Waals surface area contributed by atoms with Gasteiger partial charge in [-0.15, -0.1) is 0 Å². The van der Waals surface area contributed by atoms with Crippen LogP contribution in [0.4, 0.5) is 10.1 Å². The number of nitrogens with one attached hydrogen (secondary N) is 1. The predicted molar refractivity (Wildman–Crippen MR) is 81.3 cm³/mol. The van der Waals surface area contributed by atoms with E-state index in [9.17, 15) is 12.8 Å². The lowest BCUT2D eigenvalue weighted by Crippen LogP contribution is -2.14. The number of benzene rings is 2. The summed E-state index contributed by atoms with van der Waals surface area (Å²) >= 11 is 5.70. The molecule has 0 saturated heterocycles. The van der Waals surface area contributed by atoms with Gasteiger partial charge in [-0.05, 0) is 42.8 Å². The molecule has 0 saturated carbocycles. The fourth-order valence-corrected chi connectivity index (χ4v) is 3.11. The van der Waals surface area contributed by atoms with Gasteiger partial charge in [-0.2, -0.15) is 0 Å². The van der Waals surface area contributed by atoms with E-state index in [4.69, 9.17) is 17.3 Å². The molecule has 0 bridgehead atoms. The molecule has 3 N–H and O–H groups in total. The number of nitrogens with two attached hydrogens (primary N) is 1. The number of sulfonamides is 1. The highest BCUT2D eigenvalue weighted by Gasteiger charge is 2.16. The molecule has 2 aromatic carbocycles. The fraction of sp³-hybridized carbons (Fsp3) is 0.143. The Labute approximate surface area is 127 Å². The second kappa shape index (κ2) is 6.01. The first-order valence-electron chi connectivity index (χ1n) is 6.12. The Morgan fingerprint density at radius 1 is 1.24 bits per heavy atom. The van der Waals surface area contributed by atoms with E-state index >= 15 is 0 Å². The molecule has 1 atom stereocenters. The average Bonchev–Trinajstić information content (AvgIpc) is 2.37. The minimum atomic E-state index is -3.83. The molecule has 2 aromatic rings. The summed E-state index contributed by atoms with van der Waals surface area (Å²) in [5, 5.41) is 0.108. The van der Waals surface area contributed by atoms with Crippen LogP contribution in [0.3, 0.4) is 0 Å². The van der Waals surface area contributed by atoms with Crippen molar-refractivity contribution < 1.29 is 12.8 Å². The minimum Gasteiger partial charge on any atom is -0.324 e. The first-order chi connectivity index (χ1) is 9.78. The molecule has 0 spiro atoms. The van der Waals surface area contributed by atoms with Gasteiger partial charge in [0, 0.05) is 11.1 Å². The molecule has 0 aliphatic rings. The van der Waals surface area contributed by atoms with E-state index in [-0.39, 0.29) is 21.6 Å². The van der Waals surface area contributed by atoms with Crippen LogP contribution in [-0.2, 0) is 10.0 Å². The summed E-state index contributed by atoms with van der Waals surface area (Å²) in [6.45, 7) is 1.76. The molecule has 7 heteroatoms. The molecule has 112 valence electrons. The molecule has 0 radical (unpaired) electrons. The normalized spacial score (nSPS) is 13.0. The zero-order valence-corrected chi connectivity index (χ0v) is 12.7. The third kappa shape index (κ3) is 3.93. The predicted octanol–water partition coefficient (Wildman–Crippen LogP) is 3.30. The van der Waals surface area contributed by atoms with Crippen LogP contribution in [0.25, 0.3) is 0 Å². The van der Waals surface area contributed by atoms with Crippen molar-refractivity contribution in [1.82, 2.24) is 0 Å². The number of rotatable bonds is 4. The first-order valence-corrected chi connectivity index (χ1v) is 7.98. The second-order valence-electron chi connectivity index (χ2n) is 4.62. The van der Waals surface area contributed by atoms with E-state index in [1.54, 1.807) is 19.1 Å². The van der Waals surface area contributed by atoms with Gasteiger partial charge in [0.05, 0.1) is 10.6 Å². The molecule has 0 amide bonds. The van der Waals surface area contributed by atoms with Gasteiger partial charge in [0.25, 0.3) is 10.0 Å². The SMILES string of the molecule is CC(N)c1cccc(S(=O)(=O)Nc2cc(F)cc(Cl)c2)c1. The summed E-state index contributed by atoms with van der Waals surface area (Å²) in [6.07, 6.45) is 0. The number of hydrogen-bond acceptors (Lipinski definition) is 3. The molecular weight excluding hydrogens is 315 g/mol. The average molecular weight is 329 g/mol. The Morgan fingerprint density at radius 2 is 1.95 bits per heavy atom. The second-order valence-corrected chi connectivity index (χ2v) is 6.74. The maximum absolute atomic E-state index is 13.2. The van der Waals surface area contributed by atoms with Crippen LogP contribution >= 0.6 is 11.6 Å². The van der Waals surface area contributed by atoms with Crippen LogP contribution in [0.5, 0.6) is 0 Å². The van der Waals surface area contributed by atoms with Crippen molar-refractivity contribution in [3.05, 3.63) is 58.9 Å². The van der Waals surface area contributed by atoms with Crippen LogP contribution in [0.2, 0.25) is 5.02 Å². The Kier molecular flexibility index (Phi) is 4.51. The van der Waals surface area contributed by atoms with Crippen LogP contribution in [0.15, 0.2) is 47.4 Å². The number of halogens is 2. The molecule has 0 heterocycles. The van der Waals surface area contributed by atoms with Crippen LogP contribution in [0, 0.1) is 5.82 Å². The highest BCUT2D eigenvalue weighted by molar-refractivity contribution is 7.92. The Balaban J connectivity index is 2.36. The third-order valence-electron chi connectivity index (χ3n) is 2.81. The Hall–Kier alpha value is -1.63. The molecule has 1 unspecified atom stereocenters. The van der Waals surface area contributed by atoms with E-state index in [1.165, 1.54) is 18.2 Å². The van der Waals surface area contributed by atoms with Gasteiger partial charge in [0.15, 0.2) is 0 Å². The van der Waals surface area contributed by atoms with Crippen LogP contribution < -0.4 is 10.5 Å². The smallest absolute Gasteiger partial charge is 0.261 e. The van der Waals surface area contributed by atoms with Gasteiger partial charge >= 0.3 is 0 Å². The van der Waals surface area contributed by atoms with Crippen LogP contribution in [0.1, 0.15) is 18.5 Å². The van der Waals surface area contributed by atoms with Gasteiger partial charge in [-0.3, -0.25) is 4.72 Å². The van der Waals surface area contributed by atoms with E-state index in [2.05, 4.69) is 4.72 Å². The molecular formula is C14H14ClFN2O2S. The fourth-order valence-electron chi connectivity index (χ4n) is 1.79. The summed E-state index contributed by atoms with van der Waals surface area (Å²) in [4.78, 5) is 0.0534. The molecule has 2 rings (SSSR count). The van der Waals surface area contributed by atoms with E-state index in [0.717, 1.165) is 12.1 Å². The maximum atomic E-state index is 13.2. The van der Waals surface area contributed by atoms with E-state index in [0.29, 0.717) is 5.56 Å². The summed E-state index contributed by atoms with van der Waals surface area (Å²) in [7, 11) is -3.83. The van der Waals surface area contributed by atoms with Gasteiger partial charge in [-0.25, -0.2) is 12.8 Å². The van der Waals surface area contributed by atoms with Gasteiger partial charge in [0.1, 0.15) is 5.82 Å². The lowest BCUT2D eigenvalue weighted by atomic mass is 10.1. The van der Waals surface area contributed by atoms with Crippen molar-refractivity contribution in [3.63, 3.8) is 0 Å². The molecule has 0 aliphatic heterocycles. The van der Waals surface area contributed by atoms with Gasteiger partial charge < -0.3 is 5.73 Å². The lowest BCUT2D eigenvalue weighted by Gasteiger charge is -2.11. The summed E-state index contributed by atoms with van der Waals surface area (Å²) in [5.41, 5.74) is 6.49. The lowest BCUT2D eigenvalue weighted by molar-refractivity contribution is 0.600. The highest BCUT2D eigenvalue weighted by Crippen LogP contribution is 2.22. The van der Waals surface area contributed by atoms with Gasteiger partial charge in [0.2, 0.25) is 0 Å². The summed E-state index contributed by atoms with van der Waals surface area (Å²) in [6, 6.07) is 9.45. The zero-order chi connectivity index (χ0) is 15.6. The van der Waals surface area contributed by atoms with E-state index in [1.807, 2.05) is 0 Å². The summed E-state index contributed by atoms with van der Waals surface area (Å²) in [5.74, 6) is -0.621. The standard InChI is InChI=1S/C14H14ClFN2O2S/c1-9(17)10-3-2-4-14(5-10)21(19,20)18-13-7-11(15)6-12(16)8-13/h2-9,18H,17H2,1H3. The molecule has 4 nitrogen and oxygen atoms in total. The van der Waals surface area contributed by atoms with Crippen molar-refractivity contribution in [3.8, 4) is 0 Å². The van der Waals surface area contributed by atoms with Crippen molar-refractivity contribution in [2.45, 2.75) is 17.9 Å². The van der Waals surface area contributed by atoms with Crippen molar-refractivity contribution in [2.75, 3.05) is 4.72 Å². The molecule has 0 aliphatic carbocycles. The largest absolute Gasteiger partial charge is 0.324 e. The Morgan fingerprint density at radius 3 is 2.57 bits per heavy atom. The molecule has 0 aromatic heterocycles. The quantitative estimate of drug-likeness (QED) is 0.904. The van der Waals surface area contributed by atoms with Crippen molar-refractivity contribution in [2.24, 2.45) is 5.73 Å². The topological polar surface area (TPSA) is 72.2 Å². The monoisotopic (exact) mass is 328 g/mol. The zero-order valence-electron chi connectivity index (χ0n) is 11.2. The summed E-state index contributed by atoms with van der Waals surface area (Å²) < 4.78 is 40.1. The Bertz CT molecular complexity index is 743. The first kappa shape index (κ1) is 15.8. The molecule has 0 fully saturated rings. The molecule has 21 heavy (non-hydrogen) atoms. The van der Waals surface area contributed by atoms with E-state index < -0.39 is 15.8 Å². The third-order valence-corrected chi connectivity index (χ3v) is 4.41. The van der Waals surface area contributed by atoms with Crippen molar-refractivity contribution >= 4 is 27.3 Å². The number of hydrogen-bond donors (Lipinski definition) is 2.